The summed E-state index contributed by atoms with van der Waals surface area (Å²) in [6.45, 7) is 4.71. The third-order valence-corrected chi connectivity index (χ3v) is 3.04. The largest absolute Gasteiger partial charge is 0.498 e. The second-order valence-corrected chi connectivity index (χ2v) is 4.23. The van der Waals surface area contributed by atoms with Gasteiger partial charge in [0, 0.05) is 6.42 Å². The van der Waals surface area contributed by atoms with Gasteiger partial charge in [-0.2, -0.15) is 4.57 Å². The molecule has 0 unspecified atom stereocenters. The van der Waals surface area contributed by atoms with Gasteiger partial charge in [0.2, 0.25) is 5.58 Å². The molecule has 0 saturated carbocycles. The molecule has 4 heteroatoms. The van der Waals surface area contributed by atoms with Gasteiger partial charge in [0.1, 0.15) is 18.6 Å². The monoisotopic (exact) mass is 262 g/mol. The highest BCUT2D eigenvalue weighted by Gasteiger charge is 2.18. The van der Waals surface area contributed by atoms with Crippen molar-refractivity contribution in [3.63, 3.8) is 0 Å². The van der Waals surface area contributed by atoms with Gasteiger partial charge in [0.05, 0.1) is 25.9 Å². The number of oxazole rings is 1. The van der Waals surface area contributed by atoms with Gasteiger partial charge in [-0.05, 0) is 19.1 Å². The maximum atomic E-state index is 5.83. The number of benzene rings is 1. The Morgan fingerprint density at radius 2 is 2.16 bits per heavy atom. The molecule has 4 nitrogen and oxygen atoms in total. The lowest BCUT2D eigenvalue weighted by atomic mass is 10.3. The molecule has 102 valence electrons. The van der Waals surface area contributed by atoms with E-state index in [0.717, 1.165) is 34.9 Å². The molecular formula is C15H20NO3+. The molecule has 0 radical (unpaired) electrons. The summed E-state index contributed by atoms with van der Waals surface area (Å²) in [6.07, 6.45) is 2.78. The van der Waals surface area contributed by atoms with Crippen molar-refractivity contribution >= 4 is 17.2 Å². The molecule has 0 bridgehead atoms. The van der Waals surface area contributed by atoms with Gasteiger partial charge in [-0.3, -0.25) is 0 Å². The molecule has 1 heterocycles. The molecule has 1 aromatic heterocycles. The summed E-state index contributed by atoms with van der Waals surface area (Å²) in [5, 5.41) is 0. The minimum atomic E-state index is 0.664. The Labute approximate surface area is 113 Å². The highest BCUT2D eigenvalue weighted by atomic mass is 16.5. The van der Waals surface area contributed by atoms with Crippen LogP contribution in [0.25, 0.3) is 17.2 Å². The molecule has 19 heavy (non-hydrogen) atoms. The van der Waals surface area contributed by atoms with Gasteiger partial charge in [0.25, 0.3) is 5.52 Å². The average molecular weight is 262 g/mol. The Morgan fingerprint density at radius 1 is 1.37 bits per heavy atom. The van der Waals surface area contributed by atoms with Crippen LogP contribution in [-0.2, 0) is 11.8 Å². The van der Waals surface area contributed by atoms with E-state index in [-0.39, 0.29) is 0 Å². The van der Waals surface area contributed by atoms with Crippen molar-refractivity contribution in [2.45, 2.75) is 20.3 Å². The van der Waals surface area contributed by atoms with E-state index in [9.17, 15) is 0 Å². The molecule has 0 fully saturated rings. The van der Waals surface area contributed by atoms with Crippen molar-refractivity contribution in [1.82, 2.24) is 0 Å². The van der Waals surface area contributed by atoms with E-state index >= 15 is 0 Å². The Kier molecular flexibility index (Phi) is 4.10. The lowest BCUT2D eigenvalue weighted by molar-refractivity contribution is -0.652. The van der Waals surface area contributed by atoms with E-state index < -0.39 is 0 Å². The second-order valence-electron chi connectivity index (χ2n) is 4.23. The van der Waals surface area contributed by atoms with Crippen molar-refractivity contribution in [2.75, 3.05) is 13.7 Å². The number of hydrogen-bond acceptors (Lipinski definition) is 3. The van der Waals surface area contributed by atoms with Crippen LogP contribution in [0.2, 0.25) is 0 Å². The standard InChI is InChI=1S/C15H20NO3/c1-5-11(18-6-2)10-15-16(3)13-9-12(17-4)7-8-14(13)19-15/h7-10H,5-6H2,1-4H3/q+1. The molecule has 0 atom stereocenters. The van der Waals surface area contributed by atoms with Gasteiger partial charge in [-0.1, -0.05) is 6.92 Å². The lowest BCUT2D eigenvalue weighted by Gasteiger charge is -2.02. The molecular weight excluding hydrogens is 242 g/mol. The van der Waals surface area contributed by atoms with Gasteiger partial charge in [-0.25, -0.2) is 0 Å². The minimum absolute atomic E-state index is 0.664. The molecule has 0 N–H and O–H groups in total. The molecule has 0 saturated heterocycles. The molecule has 2 rings (SSSR count). The van der Waals surface area contributed by atoms with Crippen LogP contribution in [0.3, 0.4) is 0 Å². The minimum Gasteiger partial charge on any atom is -0.498 e. The van der Waals surface area contributed by atoms with Crippen LogP contribution < -0.4 is 9.30 Å². The first kappa shape index (κ1) is 13.5. The van der Waals surface area contributed by atoms with Gasteiger partial charge in [0.15, 0.2) is 0 Å². The number of aromatic nitrogens is 1. The number of methoxy groups -OCH3 is 1. The van der Waals surface area contributed by atoms with E-state index in [4.69, 9.17) is 13.9 Å². The van der Waals surface area contributed by atoms with Gasteiger partial charge < -0.3 is 13.9 Å². The van der Waals surface area contributed by atoms with Crippen LogP contribution in [-0.4, -0.2) is 13.7 Å². The van der Waals surface area contributed by atoms with Crippen LogP contribution in [0.5, 0.6) is 5.75 Å². The summed E-state index contributed by atoms with van der Waals surface area (Å²) in [4.78, 5) is 0. The maximum absolute atomic E-state index is 5.83. The van der Waals surface area contributed by atoms with Crippen LogP contribution in [0, 0.1) is 0 Å². The molecule has 0 aliphatic carbocycles. The number of aryl methyl sites for hydroxylation is 1. The highest BCUT2D eigenvalue weighted by Crippen LogP contribution is 2.21. The summed E-state index contributed by atoms with van der Waals surface area (Å²) in [6, 6.07) is 5.77. The fourth-order valence-corrected chi connectivity index (χ4v) is 1.97. The molecule has 2 aromatic rings. The first-order valence-corrected chi connectivity index (χ1v) is 6.49. The Hall–Kier alpha value is -1.97. The fraction of sp³-hybridized carbons (Fsp3) is 0.400. The number of rotatable bonds is 5. The van der Waals surface area contributed by atoms with E-state index in [1.165, 1.54) is 0 Å². The summed E-state index contributed by atoms with van der Waals surface area (Å²) in [5.74, 6) is 2.51. The summed E-state index contributed by atoms with van der Waals surface area (Å²) in [5.41, 5.74) is 1.83. The highest BCUT2D eigenvalue weighted by molar-refractivity contribution is 5.71. The normalized spacial score (nSPS) is 11.9. The van der Waals surface area contributed by atoms with E-state index in [0.29, 0.717) is 6.61 Å². The van der Waals surface area contributed by atoms with Crippen LogP contribution in [0.15, 0.2) is 28.4 Å². The molecule has 0 aliphatic heterocycles. The zero-order chi connectivity index (χ0) is 13.8. The summed E-state index contributed by atoms with van der Waals surface area (Å²) in [7, 11) is 3.63. The molecule has 1 aromatic carbocycles. The summed E-state index contributed by atoms with van der Waals surface area (Å²) >= 11 is 0. The maximum Gasteiger partial charge on any atom is 0.377 e. The Morgan fingerprint density at radius 3 is 2.79 bits per heavy atom. The number of fused-ring (bicyclic) bond motifs is 1. The first-order valence-electron chi connectivity index (χ1n) is 6.49. The van der Waals surface area contributed by atoms with E-state index in [2.05, 4.69) is 6.92 Å². The van der Waals surface area contributed by atoms with Crippen molar-refractivity contribution < 1.29 is 18.5 Å². The zero-order valence-electron chi connectivity index (χ0n) is 11.9. The Bertz CT molecular complexity index is 599. The second kappa shape index (κ2) is 5.78. The molecule has 0 spiro atoms. The van der Waals surface area contributed by atoms with Crippen molar-refractivity contribution in [1.29, 1.82) is 0 Å². The van der Waals surface area contributed by atoms with E-state index in [1.54, 1.807) is 7.11 Å². The first-order chi connectivity index (χ1) is 9.19. The third kappa shape index (κ3) is 2.72. The van der Waals surface area contributed by atoms with Gasteiger partial charge in [-0.15, -0.1) is 0 Å². The van der Waals surface area contributed by atoms with Crippen molar-refractivity contribution in [3.05, 3.63) is 29.8 Å². The van der Waals surface area contributed by atoms with Crippen LogP contribution in [0.4, 0.5) is 0 Å². The van der Waals surface area contributed by atoms with Crippen molar-refractivity contribution in [2.24, 2.45) is 7.05 Å². The number of hydrogen-bond donors (Lipinski definition) is 0. The number of nitrogens with zero attached hydrogens (tertiary/aromatic N) is 1. The number of allylic oxidation sites excluding steroid dienone is 1. The van der Waals surface area contributed by atoms with Crippen molar-refractivity contribution in [3.8, 4) is 5.75 Å². The average Bonchev–Trinajstić information content (AvgIpc) is 2.74. The quantitative estimate of drug-likeness (QED) is 0.613. The predicted molar refractivity (Wildman–Crippen MR) is 73.8 cm³/mol. The third-order valence-electron chi connectivity index (χ3n) is 3.04. The summed E-state index contributed by atoms with van der Waals surface area (Å²) < 4.78 is 18.6. The SMILES string of the molecule is CCOC(=Cc1oc2ccc(OC)cc2[n+]1C)CC. The predicted octanol–water partition coefficient (Wildman–Crippen LogP) is 3.05. The van der Waals surface area contributed by atoms with Crippen LogP contribution in [0.1, 0.15) is 26.2 Å². The van der Waals surface area contributed by atoms with E-state index in [1.807, 2.05) is 42.8 Å². The zero-order valence-corrected chi connectivity index (χ0v) is 11.9. The fourth-order valence-electron chi connectivity index (χ4n) is 1.97. The smallest absolute Gasteiger partial charge is 0.377 e. The Balaban J connectivity index is 2.47. The molecule has 0 aliphatic rings. The lowest BCUT2D eigenvalue weighted by Crippen LogP contribution is -2.29. The van der Waals surface area contributed by atoms with Gasteiger partial charge >= 0.3 is 5.89 Å². The van der Waals surface area contributed by atoms with Crippen LogP contribution >= 0.6 is 0 Å². The molecule has 0 amide bonds. The topological polar surface area (TPSA) is 35.5 Å². The number of ether oxygens (including phenoxy) is 2.